The molecule has 1 aliphatic rings. The SMILES string of the molecule is CNC(=O)C1CNCCN1c1nccc(C)c1Br. The molecule has 0 saturated carbocycles. The lowest BCUT2D eigenvalue weighted by molar-refractivity contribution is -0.122. The standard InChI is InChI=1S/C12H17BrN4O/c1-8-3-4-16-11(10(8)13)17-6-5-15-7-9(17)12(18)14-2/h3-4,9,15H,5-7H2,1-2H3,(H,14,18). The van der Waals surface area contributed by atoms with Crippen LogP contribution in [0.2, 0.25) is 0 Å². The van der Waals surface area contributed by atoms with E-state index in [1.54, 1.807) is 13.2 Å². The van der Waals surface area contributed by atoms with Crippen LogP contribution in [0.5, 0.6) is 0 Å². The van der Waals surface area contributed by atoms with Gasteiger partial charge >= 0.3 is 0 Å². The van der Waals surface area contributed by atoms with Crippen LogP contribution in [-0.2, 0) is 4.79 Å². The number of likely N-dealkylation sites (N-methyl/N-ethyl adjacent to an activating group) is 1. The van der Waals surface area contributed by atoms with Crippen LogP contribution in [0.4, 0.5) is 5.82 Å². The van der Waals surface area contributed by atoms with Crippen molar-refractivity contribution in [1.29, 1.82) is 0 Å². The van der Waals surface area contributed by atoms with Crippen molar-refractivity contribution in [3.05, 3.63) is 22.3 Å². The molecule has 2 rings (SSSR count). The fourth-order valence-electron chi connectivity index (χ4n) is 2.08. The van der Waals surface area contributed by atoms with E-state index in [0.29, 0.717) is 6.54 Å². The lowest BCUT2D eigenvalue weighted by Gasteiger charge is -2.36. The maximum absolute atomic E-state index is 11.9. The van der Waals surface area contributed by atoms with E-state index in [0.717, 1.165) is 28.9 Å². The maximum Gasteiger partial charge on any atom is 0.243 e. The third-order valence-corrected chi connectivity index (χ3v) is 4.11. The average Bonchev–Trinajstić information content (AvgIpc) is 2.41. The van der Waals surface area contributed by atoms with E-state index in [2.05, 4.69) is 31.5 Å². The number of aryl methyl sites for hydroxylation is 1. The Kier molecular flexibility index (Phi) is 4.19. The molecule has 0 spiro atoms. The van der Waals surface area contributed by atoms with Gasteiger partial charge in [-0.2, -0.15) is 0 Å². The number of amides is 1. The molecule has 2 heterocycles. The van der Waals surface area contributed by atoms with Crippen molar-refractivity contribution in [3.63, 3.8) is 0 Å². The van der Waals surface area contributed by atoms with Crippen molar-refractivity contribution in [1.82, 2.24) is 15.6 Å². The summed E-state index contributed by atoms with van der Waals surface area (Å²) in [5.74, 6) is 0.850. The molecule has 1 unspecified atom stereocenters. The van der Waals surface area contributed by atoms with Crippen LogP contribution in [0, 0.1) is 6.92 Å². The second kappa shape index (κ2) is 5.67. The zero-order valence-corrected chi connectivity index (χ0v) is 12.1. The zero-order chi connectivity index (χ0) is 13.1. The summed E-state index contributed by atoms with van der Waals surface area (Å²) in [6.45, 7) is 4.29. The number of aromatic nitrogens is 1. The molecule has 0 aliphatic carbocycles. The van der Waals surface area contributed by atoms with Gasteiger partial charge in [-0.3, -0.25) is 4.79 Å². The average molecular weight is 313 g/mol. The lowest BCUT2D eigenvalue weighted by atomic mass is 10.1. The van der Waals surface area contributed by atoms with Gasteiger partial charge in [0.1, 0.15) is 11.9 Å². The van der Waals surface area contributed by atoms with Crippen LogP contribution >= 0.6 is 15.9 Å². The summed E-state index contributed by atoms with van der Waals surface area (Å²) in [5.41, 5.74) is 1.12. The highest BCUT2D eigenvalue weighted by atomic mass is 79.9. The van der Waals surface area contributed by atoms with Gasteiger partial charge in [-0.1, -0.05) is 0 Å². The van der Waals surface area contributed by atoms with Gasteiger partial charge in [0.15, 0.2) is 0 Å². The zero-order valence-electron chi connectivity index (χ0n) is 10.5. The van der Waals surface area contributed by atoms with Gasteiger partial charge in [0, 0.05) is 32.9 Å². The molecule has 6 heteroatoms. The van der Waals surface area contributed by atoms with Gasteiger partial charge < -0.3 is 15.5 Å². The summed E-state index contributed by atoms with van der Waals surface area (Å²) < 4.78 is 0.959. The van der Waals surface area contributed by atoms with Crippen LogP contribution in [0.15, 0.2) is 16.7 Å². The summed E-state index contributed by atoms with van der Waals surface area (Å²) in [5, 5.41) is 5.94. The largest absolute Gasteiger partial charge is 0.357 e. The Bertz CT molecular complexity index is 452. The summed E-state index contributed by atoms with van der Waals surface area (Å²) in [6.07, 6.45) is 1.78. The van der Waals surface area contributed by atoms with Crippen molar-refractivity contribution in [2.24, 2.45) is 0 Å². The molecule has 2 N–H and O–H groups in total. The molecule has 0 aromatic carbocycles. The van der Waals surface area contributed by atoms with Crippen molar-refractivity contribution in [2.45, 2.75) is 13.0 Å². The number of piperazine rings is 1. The summed E-state index contributed by atoms with van der Waals surface area (Å²) >= 11 is 3.56. The van der Waals surface area contributed by atoms with Gasteiger partial charge in [-0.05, 0) is 34.5 Å². The van der Waals surface area contributed by atoms with Crippen molar-refractivity contribution < 1.29 is 4.79 Å². The van der Waals surface area contributed by atoms with Crippen molar-refractivity contribution in [2.75, 3.05) is 31.6 Å². The Labute approximate surface area is 115 Å². The third-order valence-electron chi connectivity index (χ3n) is 3.13. The van der Waals surface area contributed by atoms with E-state index in [4.69, 9.17) is 0 Å². The Morgan fingerprint density at radius 3 is 3.17 bits per heavy atom. The van der Waals surface area contributed by atoms with Gasteiger partial charge in [-0.15, -0.1) is 0 Å². The number of halogens is 1. The minimum atomic E-state index is -0.214. The third kappa shape index (κ3) is 2.49. The normalized spacial score (nSPS) is 19.7. The van der Waals surface area contributed by atoms with Gasteiger partial charge in [-0.25, -0.2) is 4.98 Å². The highest BCUT2D eigenvalue weighted by molar-refractivity contribution is 9.10. The minimum Gasteiger partial charge on any atom is -0.357 e. The predicted molar refractivity (Wildman–Crippen MR) is 74.7 cm³/mol. The van der Waals surface area contributed by atoms with Crippen LogP contribution in [0.3, 0.4) is 0 Å². The molecule has 1 aromatic rings. The van der Waals surface area contributed by atoms with E-state index >= 15 is 0 Å². The van der Waals surface area contributed by atoms with E-state index in [1.165, 1.54) is 0 Å². The number of carbonyl (C=O) groups excluding carboxylic acids is 1. The molecule has 98 valence electrons. The number of hydrogen-bond donors (Lipinski definition) is 2. The van der Waals surface area contributed by atoms with Crippen LogP contribution in [0.1, 0.15) is 5.56 Å². The van der Waals surface area contributed by atoms with Crippen LogP contribution in [0.25, 0.3) is 0 Å². The summed E-state index contributed by atoms with van der Waals surface area (Å²) in [4.78, 5) is 18.4. The number of rotatable bonds is 2. The molecule has 5 nitrogen and oxygen atoms in total. The number of nitrogens with zero attached hydrogens (tertiary/aromatic N) is 2. The smallest absolute Gasteiger partial charge is 0.243 e. The van der Waals surface area contributed by atoms with E-state index in [1.807, 2.05) is 17.9 Å². The highest BCUT2D eigenvalue weighted by Gasteiger charge is 2.30. The molecular formula is C12H17BrN4O. The maximum atomic E-state index is 11.9. The lowest BCUT2D eigenvalue weighted by Crippen LogP contribution is -2.58. The van der Waals surface area contributed by atoms with E-state index in [9.17, 15) is 4.79 Å². The minimum absolute atomic E-state index is 0.0115. The van der Waals surface area contributed by atoms with Crippen LogP contribution in [-0.4, -0.2) is 43.6 Å². The number of anilines is 1. The van der Waals surface area contributed by atoms with Crippen molar-refractivity contribution in [3.8, 4) is 0 Å². The van der Waals surface area contributed by atoms with E-state index < -0.39 is 0 Å². The van der Waals surface area contributed by atoms with Crippen LogP contribution < -0.4 is 15.5 Å². The Morgan fingerprint density at radius 1 is 1.67 bits per heavy atom. The molecule has 18 heavy (non-hydrogen) atoms. The molecule has 1 amide bonds. The molecule has 1 saturated heterocycles. The first-order valence-electron chi connectivity index (χ1n) is 5.95. The summed E-state index contributed by atoms with van der Waals surface area (Å²) in [7, 11) is 1.66. The monoisotopic (exact) mass is 312 g/mol. The highest BCUT2D eigenvalue weighted by Crippen LogP contribution is 2.28. The number of nitrogens with one attached hydrogen (secondary N) is 2. The molecule has 1 fully saturated rings. The molecule has 1 atom stereocenters. The second-order valence-electron chi connectivity index (χ2n) is 4.29. The molecule has 0 radical (unpaired) electrons. The number of carbonyl (C=O) groups is 1. The topological polar surface area (TPSA) is 57.3 Å². The first kappa shape index (κ1) is 13.3. The molecule has 0 bridgehead atoms. The molecule has 1 aliphatic heterocycles. The first-order valence-corrected chi connectivity index (χ1v) is 6.74. The van der Waals surface area contributed by atoms with Crippen molar-refractivity contribution >= 4 is 27.7 Å². The molecular weight excluding hydrogens is 296 g/mol. The van der Waals surface area contributed by atoms with Gasteiger partial charge in [0.05, 0.1) is 4.47 Å². The predicted octanol–water partition coefficient (Wildman–Crippen LogP) is 0.677. The van der Waals surface area contributed by atoms with E-state index in [-0.39, 0.29) is 11.9 Å². The Hall–Kier alpha value is -1.14. The fourth-order valence-corrected chi connectivity index (χ4v) is 2.55. The number of hydrogen-bond acceptors (Lipinski definition) is 4. The quantitative estimate of drug-likeness (QED) is 0.843. The Balaban J connectivity index is 2.34. The molecule has 1 aromatic heterocycles. The van der Waals surface area contributed by atoms with Gasteiger partial charge in [0.25, 0.3) is 0 Å². The summed E-state index contributed by atoms with van der Waals surface area (Å²) in [6, 6.07) is 1.74. The number of pyridine rings is 1. The fraction of sp³-hybridized carbons (Fsp3) is 0.500. The first-order chi connectivity index (χ1) is 8.65. The second-order valence-corrected chi connectivity index (χ2v) is 5.09. The Morgan fingerprint density at radius 2 is 2.44 bits per heavy atom. The van der Waals surface area contributed by atoms with Gasteiger partial charge in [0.2, 0.25) is 5.91 Å².